The van der Waals surface area contributed by atoms with E-state index in [4.69, 9.17) is 9.57 Å². The van der Waals surface area contributed by atoms with Crippen LogP contribution in [-0.2, 0) is 9.57 Å². The number of hydrogen-bond acceptors (Lipinski definition) is 5. The van der Waals surface area contributed by atoms with Crippen LogP contribution in [0.2, 0.25) is 0 Å². The predicted molar refractivity (Wildman–Crippen MR) is 89.1 cm³/mol. The van der Waals surface area contributed by atoms with Gasteiger partial charge in [-0.2, -0.15) is 23.5 Å². The van der Waals surface area contributed by atoms with Gasteiger partial charge in [0, 0.05) is 18.6 Å². The Morgan fingerprint density at radius 3 is 1.68 bits per heavy atom. The summed E-state index contributed by atoms with van der Waals surface area (Å²) in [6, 6.07) is 0. The molecule has 0 aliphatic carbocycles. The molecule has 0 amide bonds. The third-order valence-corrected chi connectivity index (χ3v) is 4.69. The van der Waals surface area contributed by atoms with Gasteiger partial charge in [0.2, 0.25) is 0 Å². The summed E-state index contributed by atoms with van der Waals surface area (Å²) in [6.07, 6.45) is 0.446. The highest BCUT2D eigenvalue weighted by atomic mass is 32.2. The second kappa shape index (κ2) is 11.3. The summed E-state index contributed by atoms with van der Waals surface area (Å²) in [6.45, 7) is 13.0. The fourth-order valence-electron chi connectivity index (χ4n) is 1.53. The van der Waals surface area contributed by atoms with Crippen LogP contribution in [0.1, 0.15) is 41.5 Å². The molecular formula is C14H31NO2S2. The van der Waals surface area contributed by atoms with Gasteiger partial charge in [0.25, 0.3) is 0 Å². The topological polar surface area (TPSA) is 30.5 Å². The number of nitrogens with one attached hydrogen (secondary N) is 1. The summed E-state index contributed by atoms with van der Waals surface area (Å²) >= 11 is 3.84. The standard InChI is InChI=1S/C14H31NO2S2/c1-10(2)16-13(8-18-11(3)4)14(17-15-7)9-19-12(5)6/h10-15H,8-9H2,1-7H3. The van der Waals surface area contributed by atoms with Gasteiger partial charge in [-0.05, 0) is 24.3 Å². The Morgan fingerprint density at radius 2 is 1.32 bits per heavy atom. The van der Waals surface area contributed by atoms with Gasteiger partial charge in [0.15, 0.2) is 0 Å². The van der Waals surface area contributed by atoms with Crippen molar-refractivity contribution in [3.8, 4) is 0 Å². The first kappa shape index (κ1) is 19.6. The molecule has 3 nitrogen and oxygen atoms in total. The van der Waals surface area contributed by atoms with Crippen molar-refractivity contribution in [3.05, 3.63) is 0 Å². The molecule has 19 heavy (non-hydrogen) atoms. The van der Waals surface area contributed by atoms with Crippen LogP contribution in [0.5, 0.6) is 0 Å². The van der Waals surface area contributed by atoms with Gasteiger partial charge in [-0.25, -0.2) is 5.48 Å². The van der Waals surface area contributed by atoms with Gasteiger partial charge >= 0.3 is 0 Å². The highest BCUT2D eigenvalue weighted by Gasteiger charge is 2.25. The highest BCUT2D eigenvalue weighted by molar-refractivity contribution is 8.00. The van der Waals surface area contributed by atoms with Crippen molar-refractivity contribution >= 4 is 23.5 Å². The summed E-state index contributed by atoms with van der Waals surface area (Å²) < 4.78 is 6.05. The Balaban J connectivity index is 4.50. The van der Waals surface area contributed by atoms with E-state index in [0.717, 1.165) is 11.5 Å². The number of hydroxylamine groups is 1. The summed E-state index contributed by atoms with van der Waals surface area (Å²) in [5, 5.41) is 1.23. The number of ether oxygens (including phenoxy) is 1. The van der Waals surface area contributed by atoms with Gasteiger partial charge in [-0.15, -0.1) is 0 Å². The van der Waals surface area contributed by atoms with Gasteiger partial charge in [0.05, 0.1) is 12.2 Å². The maximum atomic E-state index is 6.05. The van der Waals surface area contributed by atoms with Gasteiger partial charge in [0.1, 0.15) is 6.10 Å². The SMILES string of the molecule is CNOC(CSC(C)C)C(CSC(C)C)OC(C)C. The molecule has 0 heterocycles. The molecule has 0 radical (unpaired) electrons. The van der Waals surface area contributed by atoms with E-state index < -0.39 is 0 Å². The Kier molecular flexibility index (Phi) is 11.6. The van der Waals surface area contributed by atoms with E-state index in [1.54, 1.807) is 0 Å². The smallest absolute Gasteiger partial charge is 0.115 e. The molecule has 5 heteroatoms. The molecule has 0 aliphatic heterocycles. The first-order valence-corrected chi connectivity index (χ1v) is 9.17. The van der Waals surface area contributed by atoms with E-state index >= 15 is 0 Å². The molecule has 116 valence electrons. The Labute approximate surface area is 127 Å². The molecule has 0 fully saturated rings. The van der Waals surface area contributed by atoms with Crippen molar-refractivity contribution in [2.75, 3.05) is 18.6 Å². The quantitative estimate of drug-likeness (QED) is 0.589. The normalized spacial score (nSPS) is 15.5. The lowest BCUT2D eigenvalue weighted by Crippen LogP contribution is -2.40. The Morgan fingerprint density at radius 1 is 0.842 bits per heavy atom. The number of hydrogen-bond donors (Lipinski definition) is 1. The minimum Gasteiger partial charge on any atom is -0.372 e. The zero-order valence-corrected chi connectivity index (χ0v) is 15.1. The van der Waals surface area contributed by atoms with Crippen LogP contribution < -0.4 is 5.48 Å². The van der Waals surface area contributed by atoms with Crippen molar-refractivity contribution in [2.24, 2.45) is 0 Å². The minimum atomic E-state index is 0.0889. The number of rotatable bonds is 11. The molecule has 2 unspecified atom stereocenters. The molecule has 2 atom stereocenters. The summed E-state index contributed by atoms with van der Waals surface area (Å²) in [7, 11) is 1.81. The second-order valence-electron chi connectivity index (χ2n) is 5.35. The fourth-order valence-corrected chi connectivity index (χ4v) is 3.25. The van der Waals surface area contributed by atoms with Crippen LogP contribution in [0.3, 0.4) is 0 Å². The molecule has 0 aromatic rings. The van der Waals surface area contributed by atoms with Crippen molar-refractivity contribution in [1.29, 1.82) is 0 Å². The third-order valence-electron chi connectivity index (χ3n) is 2.32. The molecule has 0 bridgehead atoms. The van der Waals surface area contributed by atoms with Crippen LogP contribution >= 0.6 is 23.5 Å². The molecule has 0 spiro atoms. The maximum Gasteiger partial charge on any atom is 0.115 e. The molecule has 1 N–H and O–H groups in total. The van der Waals surface area contributed by atoms with Crippen molar-refractivity contribution in [1.82, 2.24) is 5.48 Å². The number of thioether (sulfide) groups is 2. The largest absolute Gasteiger partial charge is 0.372 e. The first-order chi connectivity index (χ1) is 8.86. The zero-order valence-electron chi connectivity index (χ0n) is 13.4. The van der Waals surface area contributed by atoms with Crippen LogP contribution in [0.15, 0.2) is 0 Å². The second-order valence-corrected chi connectivity index (χ2v) is 8.57. The fraction of sp³-hybridized carbons (Fsp3) is 1.00. The highest BCUT2D eigenvalue weighted by Crippen LogP contribution is 2.21. The summed E-state index contributed by atoms with van der Waals surface area (Å²) in [5.74, 6) is 1.93. The lowest BCUT2D eigenvalue weighted by atomic mass is 10.2. The van der Waals surface area contributed by atoms with Crippen LogP contribution in [0.25, 0.3) is 0 Å². The maximum absolute atomic E-state index is 6.05. The minimum absolute atomic E-state index is 0.0889. The van der Waals surface area contributed by atoms with Gasteiger partial charge in [-0.3, -0.25) is 4.84 Å². The van der Waals surface area contributed by atoms with E-state index in [1.807, 2.05) is 30.6 Å². The van der Waals surface area contributed by atoms with E-state index in [0.29, 0.717) is 10.5 Å². The van der Waals surface area contributed by atoms with Gasteiger partial charge < -0.3 is 4.74 Å². The first-order valence-electron chi connectivity index (χ1n) is 7.07. The molecule has 0 rings (SSSR count). The Hall–Kier alpha value is 0.580. The van der Waals surface area contributed by atoms with E-state index in [2.05, 4.69) is 47.0 Å². The van der Waals surface area contributed by atoms with E-state index in [-0.39, 0.29) is 18.3 Å². The molecule has 0 aromatic carbocycles. The van der Waals surface area contributed by atoms with Crippen molar-refractivity contribution in [3.63, 3.8) is 0 Å². The van der Waals surface area contributed by atoms with Gasteiger partial charge in [-0.1, -0.05) is 27.7 Å². The molecule has 0 saturated carbocycles. The van der Waals surface area contributed by atoms with Crippen LogP contribution in [0.4, 0.5) is 0 Å². The molecular weight excluding hydrogens is 278 g/mol. The lowest BCUT2D eigenvalue weighted by Gasteiger charge is -2.29. The van der Waals surface area contributed by atoms with E-state index in [1.165, 1.54) is 0 Å². The van der Waals surface area contributed by atoms with Crippen LogP contribution in [0, 0.1) is 0 Å². The molecule has 0 saturated heterocycles. The average Bonchev–Trinajstić information content (AvgIpc) is 2.29. The van der Waals surface area contributed by atoms with Crippen LogP contribution in [-0.4, -0.2) is 47.4 Å². The Bertz CT molecular complexity index is 214. The summed E-state index contributed by atoms with van der Waals surface area (Å²) in [4.78, 5) is 5.68. The predicted octanol–water partition coefficient (Wildman–Crippen LogP) is 3.58. The molecule has 0 aliphatic rings. The third kappa shape index (κ3) is 11.0. The lowest BCUT2D eigenvalue weighted by molar-refractivity contribution is -0.100. The molecule has 0 aromatic heterocycles. The monoisotopic (exact) mass is 309 g/mol. The average molecular weight is 310 g/mol. The van der Waals surface area contributed by atoms with Crippen molar-refractivity contribution < 1.29 is 9.57 Å². The van der Waals surface area contributed by atoms with Crippen molar-refractivity contribution in [2.45, 2.75) is 70.4 Å². The zero-order chi connectivity index (χ0) is 14.8. The van der Waals surface area contributed by atoms with E-state index in [9.17, 15) is 0 Å². The summed E-state index contributed by atoms with van der Waals surface area (Å²) in [5.41, 5.74) is 2.83.